The minimum atomic E-state index is 0.0372. The molecule has 0 bridgehead atoms. The molecule has 23 heavy (non-hydrogen) atoms. The summed E-state index contributed by atoms with van der Waals surface area (Å²) in [6.07, 6.45) is 4.47. The minimum Gasteiger partial charge on any atom is -0.326 e. The highest BCUT2D eigenvalue weighted by molar-refractivity contribution is 7.09. The molecule has 1 N–H and O–H groups in total. The van der Waals surface area contributed by atoms with E-state index in [9.17, 15) is 4.79 Å². The summed E-state index contributed by atoms with van der Waals surface area (Å²) in [5.74, 6) is 0.0372. The molecule has 2 aromatic rings. The van der Waals surface area contributed by atoms with Crippen molar-refractivity contribution in [3.05, 3.63) is 34.7 Å². The van der Waals surface area contributed by atoms with Crippen LogP contribution in [0.4, 0.5) is 5.69 Å². The second-order valence-electron chi connectivity index (χ2n) is 5.94. The zero-order chi connectivity index (χ0) is 16.1. The van der Waals surface area contributed by atoms with Gasteiger partial charge in [-0.2, -0.15) is 0 Å². The van der Waals surface area contributed by atoms with Crippen molar-refractivity contribution in [1.82, 2.24) is 9.88 Å². The van der Waals surface area contributed by atoms with Gasteiger partial charge in [0.2, 0.25) is 5.91 Å². The fourth-order valence-corrected chi connectivity index (χ4v) is 3.64. The zero-order valence-electron chi connectivity index (χ0n) is 13.5. The number of aromatic nitrogens is 1. The standard InChI is InChI=1S/C18H23N3OS/c1-2-17(22)19-15-8-6-14(7-9-15)16-13-23-18(20-16)12-21-10-4-3-5-11-21/h6-9,13H,2-5,10-12H2,1H3,(H,19,22). The molecule has 1 amide bonds. The first-order valence-electron chi connectivity index (χ1n) is 8.31. The maximum atomic E-state index is 11.4. The number of thiazole rings is 1. The summed E-state index contributed by atoms with van der Waals surface area (Å²) in [6.45, 7) is 5.21. The van der Waals surface area contributed by atoms with E-state index in [4.69, 9.17) is 4.98 Å². The Morgan fingerprint density at radius 3 is 2.65 bits per heavy atom. The van der Waals surface area contributed by atoms with Crippen molar-refractivity contribution in [3.63, 3.8) is 0 Å². The zero-order valence-corrected chi connectivity index (χ0v) is 14.4. The van der Waals surface area contributed by atoms with Crippen LogP contribution in [0.2, 0.25) is 0 Å². The number of anilines is 1. The Morgan fingerprint density at radius 1 is 1.22 bits per heavy atom. The van der Waals surface area contributed by atoms with Gasteiger partial charge in [-0.25, -0.2) is 4.98 Å². The van der Waals surface area contributed by atoms with Crippen molar-refractivity contribution in [3.8, 4) is 11.3 Å². The van der Waals surface area contributed by atoms with Gasteiger partial charge in [-0.15, -0.1) is 11.3 Å². The van der Waals surface area contributed by atoms with E-state index in [1.54, 1.807) is 11.3 Å². The highest BCUT2D eigenvalue weighted by Gasteiger charge is 2.13. The molecule has 1 saturated heterocycles. The number of amides is 1. The minimum absolute atomic E-state index is 0.0372. The fraction of sp³-hybridized carbons (Fsp3) is 0.444. The maximum absolute atomic E-state index is 11.4. The molecule has 1 aliphatic heterocycles. The molecule has 0 unspecified atom stereocenters. The number of nitrogens with zero attached hydrogens (tertiary/aromatic N) is 2. The average Bonchev–Trinajstić information content (AvgIpc) is 3.05. The SMILES string of the molecule is CCC(=O)Nc1ccc(-c2csc(CN3CCCCC3)n2)cc1. The molecule has 0 aliphatic carbocycles. The third kappa shape index (κ3) is 4.39. The summed E-state index contributed by atoms with van der Waals surface area (Å²) in [5, 5.41) is 6.18. The van der Waals surface area contributed by atoms with Crippen LogP contribution in [0.25, 0.3) is 11.3 Å². The lowest BCUT2D eigenvalue weighted by molar-refractivity contribution is -0.115. The normalized spacial score (nSPS) is 15.5. The maximum Gasteiger partial charge on any atom is 0.224 e. The first-order valence-corrected chi connectivity index (χ1v) is 9.19. The highest BCUT2D eigenvalue weighted by atomic mass is 32.1. The molecule has 2 heterocycles. The summed E-state index contributed by atoms with van der Waals surface area (Å²) in [5.41, 5.74) is 2.96. The van der Waals surface area contributed by atoms with Crippen LogP contribution in [0, 0.1) is 0 Å². The molecule has 0 spiro atoms. The topological polar surface area (TPSA) is 45.2 Å². The monoisotopic (exact) mass is 329 g/mol. The molecule has 1 aromatic carbocycles. The number of carbonyl (C=O) groups is 1. The summed E-state index contributed by atoms with van der Waals surface area (Å²) in [7, 11) is 0. The Bertz CT molecular complexity index is 645. The van der Waals surface area contributed by atoms with Gasteiger partial charge in [-0.3, -0.25) is 9.69 Å². The Hall–Kier alpha value is -1.72. The van der Waals surface area contributed by atoms with Gasteiger partial charge in [0.25, 0.3) is 0 Å². The first kappa shape index (κ1) is 16.1. The fourth-order valence-electron chi connectivity index (χ4n) is 2.80. The van der Waals surface area contributed by atoms with E-state index in [-0.39, 0.29) is 5.91 Å². The van der Waals surface area contributed by atoms with Crippen molar-refractivity contribution < 1.29 is 4.79 Å². The molecule has 5 heteroatoms. The first-order chi connectivity index (χ1) is 11.2. The molecule has 3 rings (SSSR count). The van der Waals surface area contributed by atoms with E-state index < -0.39 is 0 Å². The third-order valence-corrected chi connectivity index (χ3v) is 4.98. The number of hydrogen-bond donors (Lipinski definition) is 1. The van der Waals surface area contributed by atoms with Crippen LogP contribution >= 0.6 is 11.3 Å². The molecule has 0 atom stereocenters. The lowest BCUT2D eigenvalue weighted by Gasteiger charge is -2.25. The van der Waals surface area contributed by atoms with Crippen LogP contribution in [0.1, 0.15) is 37.6 Å². The predicted molar refractivity (Wildman–Crippen MR) is 95.6 cm³/mol. The van der Waals surface area contributed by atoms with Crippen LogP contribution in [-0.2, 0) is 11.3 Å². The molecule has 0 radical (unpaired) electrons. The largest absolute Gasteiger partial charge is 0.326 e. The van der Waals surface area contributed by atoms with Gasteiger partial charge in [0.05, 0.1) is 12.2 Å². The predicted octanol–water partition coefficient (Wildman–Crippen LogP) is 4.14. The summed E-state index contributed by atoms with van der Waals surface area (Å²) in [4.78, 5) is 18.7. The Labute approximate surface area is 141 Å². The van der Waals surface area contributed by atoms with Gasteiger partial charge in [0, 0.05) is 23.1 Å². The van der Waals surface area contributed by atoms with Crippen molar-refractivity contribution in [2.75, 3.05) is 18.4 Å². The van der Waals surface area contributed by atoms with Gasteiger partial charge in [-0.1, -0.05) is 25.5 Å². The van der Waals surface area contributed by atoms with E-state index in [0.717, 1.165) is 23.5 Å². The van der Waals surface area contributed by atoms with Gasteiger partial charge in [0.15, 0.2) is 0 Å². The summed E-state index contributed by atoms with van der Waals surface area (Å²) >= 11 is 1.73. The van der Waals surface area contributed by atoms with Crippen LogP contribution in [0.3, 0.4) is 0 Å². The Kier molecular flexibility index (Phi) is 5.41. The van der Waals surface area contributed by atoms with E-state index >= 15 is 0 Å². The third-order valence-electron chi connectivity index (χ3n) is 4.14. The smallest absolute Gasteiger partial charge is 0.224 e. The quantitative estimate of drug-likeness (QED) is 0.896. The van der Waals surface area contributed by atoms with Gasteiger partial charge in [-0.05, 0) is 38.1 Å². The van der Waals surface area contributed by atoms with Crippen LogP contribution in [-0.4, -0.2) is 28.9 Å². The van der Waals surface area contributed by atoms with E-state index in [0.29, 0.717) is 6.42 Å². The van der Waals surface area contributed by atoms with Crippen molar-refractivity contribution in [2.24, 2.45) is 0 Å². The lowest BCUT2D eigenvalue weighted by atomic mass is 10.1. The van der Waals surface area contributed by atoms with Crippen LogP contribution in [0.15, 0.2) is 29.6 Å². The number of piperidine rings is 1. The summed E-state index contributed by atoms with van der Waals surface area (Å²) in [6, 6.07) is 7.91. The molecular formula is C18H23N3OS. The van der Waals surface area contributed by atoms with E-state index in [1.165, 1.54) is 37.4 Å². The molecular weight excluding hydrogens is 306 g/mol. The second-order valence-corrected chi connectivity index (χ2v) is 6.89. The molecule has 122 valence electrons. The van der Waals surface area contributed by atoms with Crippen LogP contribution < -0.4 is 5.32 Å². The molecule has 1 aliphatic rings. The second kappa shape index (κ2) is 7.70. The highest BCUT2D eigenvalue weighted by Crippen LogP contribution is 2.25. The molecule has 1 fully saturated rings. The van der Waals surface area contributed by atoms with Crippen molar-refractivity contribution in [1.29, 1.82) is 0 Å². The van der Waals surface area contributed by atoms with Crippen molar-refractivity contribution >= 4 is 22.9 Å². The number of benzene rings is 1. The van der Waals surface area contributed by atoms with Crippen LogP contribution in [0.5, 0.6) is 0 Å². The summed E-state index contributed by atoms with van der Waals surface area (Å²) < 4.78 is 0. The Balaban J connectivity index is 1.64. The van der Waals surface area contributed by atoms with Gasteiger partial charge < -0.3 is 5.32 Å². The number of likely N-dealkylation sites (tertiary alicyclic amines) is 1. The van der Waals surface area contributed by atoms with Gasteiger partial charge >= 0.3 is 0 Å². The van der Waals surface area contributed by atoms with E-state index in [2.05, 4.69) is 15.6 Å². The van der Waals surface area contributed by atoms with Gasteiger partial charge in [0.1, 0.15) is 5.01 Å². The Morgan fingerprint density at radius 2 is 1.96 bits per heavy atom. The average molecular weight is 329 g/mol. The number of hydrogen-bond acceptors (Lipinski definition) is 4. The number of carbonyl (C=O) groups excluding carboxylic acids is 1. The lowest BCUT2D eigenvalue weighted by Crippen LogP contribution is -2.28. The number of nitrogens with one attached hydrogen (secondary N) is 1. The number of rotatable bonds is 5. The van der Waals surface area contributed by atoms with E-state index in [1.807, 2.05) is 31.2 Å². The molecule has 4 nitrogen and oxygen atoms in total. The molecule has 1 aromatic heterocycles. The van der Waals surface area contributed by atoms with Crippen molar-refractivity contribution in [2.45, 2.75) is 39.2 Å². The molecule has 0 saturated carbocycles.